The molecule has 56 valence electrons. The van der Waals surface area contributed by atoms with Gasteiger partial charge in [-0.2, -0.15) is 0 Å². The highest BCUT2D eigenvalue weighted by atomic mass is 16.1. The van der Waals surface area contributed by atoms with Gasteiger partial charge in [-0.15, -0.1) is 0 Å². The minimum atomic E-state index is -0.466. The van der Waals surface area contributed by atoms with Gasteiger partial charge in [0.05, 0.1) is 5.54 Å². The monoisotopic (exact) mass is 141 g/mol. The van der Waals surface area contributed by atoms with Gasteiger partial charge >= 0.3 is 0 Å². The van der Waals surface area contributed by atoms with Crippen LogP contribution in [-0.4, -0.2) is 17.3 Å². The van der Waals surface area contributed by atoms with E-state index < -0.39 is 5.54 Å². The van der Waals surface area contributed by atoms with Crippen molar-refractivity contribution in [2.24, 2.45) is 5.73 Å². The highest BCUT2D eigenvalue weighted by Crippen LogP contribution is 2.34. The normalized spacial score (nSPS) is 19.7. The fourth-order valence-electron chi connectivity index (χ4n) is 0.924. The van der Waals surface area contributed by atoms with E-state index in [9.17, 15) is 4.79 Å². The molecule has 1 aliphatic rings. The molecule has 4 N–H and O–H groups in total. The summed E-state index contributed by atoms with van der Waals surface area (Å²) in [7, 11) is 0. The maximum atomic E-state index is 10.5. The van der Waals surface area contributed by atoms with Crippen LogP contribution in [0.1, 0.15) is 19.8 Å². The molecule has 10 heavy (non-hydrogen) atoms. The SMILES string of the molecule is CC(=O)NC1(C(=N)N)CC1. The number of carbonyl (C=O) groups excluding carboxylic acids is 1. The van der Waals surface area contributed by atoms with E-state index in [0.717, 1.165) is 12.8 Å². The zero-order valence-electron chi connectivity index (χ0n) is 5.90. The van der Waals surface area contributed by atoms with E-state index in [1.165, 1.54) is 6.92 Å². The van der Waals surface area contributed by atoms with Crippen LogP contribution in [0, 0.1) is 5.41 Å². The number of nitrogens with two attached hydrogens (primary N) is 1. The minimum Gasteiger partial charge on any atom is -0.386 e. The molecule has 0 unspecified atom stereocenters. The zero-order chi connectivity index (χ0) is 7.78. The van der Waals surface area contributed by atoms with Gasteiger partial charge < -0.3 is 11.1 Å². The van der Waals surface area contributed by atoms with Crippen LogP contribution in [0.4, 0.5) is 0 Å². The highest BCUT2D eigenvalue weighted by molar-refractivity contribution is 5.94. The largest absolute Gasteiger partial charge is 0.386 e. The van der Waals surface area contributed by atoms with Crippen LogP contribution in [0.15, 0.2) is 0 Å². The highest BCUT2D eigenvalue weighted by Gasteiger charge is 2.46. The van der Waals surface area contributed by atoms with Gasteiger partial charge in [0.15, 0.2) is 0 Å². The Morgan fingerprint density at radius 1 is 1.70 bits per heavy atom. The van der Waals surface area contributed by atoms with Gasteiger partial charge in [-0.25, -0.2) is 0 Å². The molecule has 0 aromatic heterocycles. The van der Waals surface area contributed by atoms with Crippen molar-refractivity contribution >= 4 is 11.7 Å². The molecule has 0 spiro atoms. The third kappa shape index (κ3) is 1.10. The molecule has 1 aliphatic carbocycles. The Morgan fingerprint density at radius 3 is 2.30 bits per heavy atom. The summed E-state index contributed by atoms with van der Waals surface area (Å²) in [4.78, 5) is 10.5. The van der Waals surface area contributed by atoms with Gasteiger partial charge in [-0.1, -0.05) is 0 Å². The van der Waals surface area contributed by atoms with E-state index >= 15 is 0 Å². The molecule has 0 aliphatic heterocycles. The molecule has 0 radical (unpaired) electrons. The summed E-state index contributed by atoms with van der Waals surface area (Å²) in [5.74, 6) is -0.0459. The molecule has 1 amide bonds. The number of hydrogen-bond acceptors (Lipinski definition) is 2. The molecule has 0 aromatic rings. The number of amides is 1. The molecule has 1 rings (SSSR count). The molecule has 0 saturated heterocycles. The van der Waals surface area contributed by atoms with Crippen LogP contribution in [0.25, 0.3) is 0 Å². The van der Waals surface area contributed by atoms with Gasteiger partial charge in [-0.05, 0) is 12.8 Å². The average molecular weight is 141 g/mol. The maximum Gasteiger partial charge on any atom is 0.217 e. The predicted octanol–water partition coefficient (Wildman–Crippen LogP) is -0.409. The van der Waals surface area contributed by atoms with Crippen LogP contribution < -0.4 is 11.1 Å². The van der Waals surface area contributed by atoms with Crippen molar-refractivity contribution in [1.29, 1.82) is 5.41 Å². The predicted molar refractivity (Wildman–Crippen MR) is 37.7 cm³/mol. The molecule has 0 aromatic carbocycles. The van der Waals surface area contributed by atoms with Crippen molar-refractivity contribution < 1.29 is 4.79 Å². The van der Waals surface area contributed by atoms with E-state index in [-0.39, 0.29) is 11.7 Å². The Labute approximate surface area is 59.3 Å². The molecule has 1 fully saturated rings. The van der Waals surface area contributed by atoms with Crippen LogP contribution in [0.2, 0.25) is 0 Å². The van der Waals surface area contributed by atoms with E-state index in [1.807, 2.05) is 0 Å². The second-order valence-corrected chi connectivity index (χ2v) is 2.68. The maximum absolute atomic E-state index is 10.5. The van der Waals surface area contributed by atoms with Crippen molar-refractivity contribution in [3.63, 3.8) is 0 Å². The van der Waals surface area contributed by atoms with Crippen LogP contribution in [-0.2, 0) is 4.79 Å². The van der Waals surface area contributed by atoms with E-state index in [1.54, 1.807) is 0 Å². The lowest BCUT2D eigenvalue weighted by Crippen LogP contribution is -2.45. The lowest BCUT2D eigenvalue weighted by molar-refractivity contribution is -0.119. The van der Waals surface area contributed by atoms with Crippen LogP contribution >= 0.6 is 0 Å². The Balaban J connectivity index is 2.53. The van der Waals surface area contributed by atoms with Crippen molar-refractivity contribution in [3.8, 4) is 0 Å². The van der Waals surface area contributed by atoms with Gasteiger partial charge in [0.25, 0.3) is 0 Å². The summed E-state index contributed by atoms with van der Waals surface area (Å²) in [6.07, 6.45) is 1.61. The summed E-state index contributed by atoms with van der Waals surface area (Å²) >= 11 is 0. The van der Waals surface area contributed by atoms with E-state index in [2.05, 4.69) is 5.32 Å². The number of amidine groups is 1. The number of nitrogens with one attached hydrogen (secondary N) is 2. The number of hydrogen-bond donors (Lipinski definition) is 3. The molecular weight excluding hydrogens is 130 g/mol. The molecule has 1 saturated carbocycles. The lowest BCUT2D eigenvalue weighted by atomic mass is 10.2. The second-order valence-electron chi connectivity index (χ2n) is 2.68. The Hall–Kier alpha value is -1.06. The Kier molecular flexibility index (Phi) is 1.39. The smallest absolute Gasteiger partial charge is 0.217 e. The average Bonchev–Trinajstić information content (AvgIpc) is 2.46. The van der Waals surface area contributed by atoms with Crippen molar-refractivity contribution in [1.82, 2.24) is 5.32 Å². The Morgan fingerprint density at radius 2 is 2.20 bits per heavy atom. The molecule has 0 bridgehead atoms. The first-order valence-corrected chi connectivity index (χ1v) is 3.20. The van der Waals surface area contributed by atoms with Gasteiger partial charge in [0, 0.05) is 6.92 Å². The molecule has 4 nitrogen and oxygen atoms in total. The molecule has 4 heteroatoms. The number of carbonyl (C=O) groups is 1. The summed E-state index contributed by atoms with van der Waals surface area (Å²) in [5.41, 5.74) is 4.78. The first-order valence-electron chi connectivity index (χ1n) is 3.20. The quantitative estimate of drug-likeness (QED) is 0.361. The molecule has 0 atom stereocenters. The van der Waals surface area contributed by atoms with E-state index in [0.29, 0.717) is 0 Å². The fraction of sp³-hybridized carbons (Fsp3) is 0.667. The van der Waals surface area contributed by atoms with Crippen LogP contribution in [0.3, 0.4) is 0 Å². The number of rotatable bonds is 2. The van der Waals surface area contributed by atoms with Gasteiger partial charge in [0.2, 0.25) is 5.91 Å². The van der Waals surface area contributed by atoms with Crippen molar-refractivity contribution in [3.05, 3.63) is 0 Å². The summed E-state index contributed by atoms with van der Waals surface area (Å²) in [6.45, 7) is 1.43. The second kappa shape index (κ2) is 1.97. The third-order valence-electron chi connectivity index (χ3n) is 1.68. The summed E-state index contributed by atoms with van der Waals surface area (Å²) < 4.78 is 0. The molecule has 0 heterocycles. The van der Waals surface area contributed by atoms with Gasteiger partial charge in [-0.3, -0.25) is 10.2 Å². The fourth-order valence-corrected chi connectivity index (χ4v) is 0.924. The third-order valence-corrected chi connectivity index (χ3v) is 1.68. The minimum absolute atomic E-state index is 0.0719. The van der Waals surface area contributed by atoms with Crippen molar-refractivity contribution in [2.75, 3.05) is 0 Å². The first kappa shape index (κ1) is 7.05. The van der Waals surface area contributed by atoms with Gasteiger partial charge in [0.1, 0.15) is 5.84 Å². The summed E-state index contributed by atoms with van der Waals surface area (Å²) in [5, 5.41) is 9.76. The van der Waals surface area contributed by atoms with Crippen molar-refractivity contribution in [2.45, 2.75) is 25.3 Å². The zero-order valence-corrected chi connectivity index (χ0v) is 5.90. The standard InChI is InChI=1S/C6H11N3O/c1-4(10)9-6(2-3-6)5(7)8/h2-3H2,1H3,(H3,7,8)(H,9,10). The van der Waals surface area contributed by atoms with E-state index in [4.69, 9.17) is 11.1 Å². The Bertz CT molecular complexity index is 183. The lowest BCUT2D eigenvalue weighted by Gasteiger charge is -2.12. The molecular formula is C6H11N3O. The first-order chi connectivity index (χ1) is 4.57. The summed E-state index contributed by atoms with van der Waals surface area (Å²) in [6, 6.07) is 0. The topological polar surface area (TPSA) is 79.0 Å². The van der Waals surface area contributed by atoms with Crippen LogP contribution in [0.5, 0.6) is 0 Å².